The summed E-state index contributed by atoms with van der Waals surface area (Å²) in [5, 5.41) is 13.7. The monoisotopic (exact) mass is 526 g/mol. The fraction of sp³-hybridized carbons (Fsp3) is 0.233. The van der Waals surface area contributed by atoms with E-state index in [0.717, 1.165) is 57.5 Å². The van der Waals surface area contributed by atoms with E-state index in [-0.39, 0.29) is 13.2 Å². The minimum Gasteiger partial charge on any atom is -0.488 e. The molecule has 0 saturated carbocycles. The van der Waals surface area contributed by atoms with E-state index >= 15 is 0 Å². The summed E-state index contributed by atoms with van der Waals surface area (Å²) in [5.74, 6) is 0.634. The number of ether oxygens (including phenoxy) is 1. The molecule has 1 aliphatic rings. The molecule has 2 N–H and O–H groups in total. The van der Waals surface area contributed by atoms with Crippen molar-refractivity contribution in [1.29, 1.82) is 0 Å². The van der Waals surface area contributed by atoms with E-state index in [0.29, 0.717) is 29.3 Å². The van der Waals surface area contributed by atoms with Crippen molar-refractivity contribution in [2.45, 2.75) is 46.4 Å². The fourth-order valence-electron chi connectivity index (χ4n) is 5.30. The average molecular weight is 527 g/mol. The molecule has 3 heterocycles. The van der Waals surface area contributed by atoms with Gasteiger partial charge in [0.2, 0.25) is 0 Å². The number of nitrogens with one attached hydrogen (secondary N) is 1. The number of aromatic amines is 1. The molecule has 0 fully saturated rings. The van der Waals surface area contributed by atoms with Crippen LogP contribution in [0.15, 0.2) is 63.9 Å². The van der Waals surface area contributed by atoms with Crippen molar-refractivity contribution in [3.05, 3.63) is 110 Å². The largest absolute Gasteiger partial charge is 0.488 e. The van der Waals surface area contributed by atoms with E-state index in [9.17, 15) is 14.3 Å². The number of aliphatic hydroxyl groups is 1. The lowest BCUT2D eigenvalue weighted by Gasteiger charge is -2.15. The second kappa shape index (κ2) is 9.99. The Morgan fingerprint density at radius 3 is 2.77 bits per heavy atom. The summed E-state index contributed by atoms with van der Waals surface area (Å²) in [4.78, 5) is 19.2. The molecule has 8 nitrogen and oxygen atoms in total. The Hall–Kier alpha value is -4.50. The van der Waals surface area contributed by atoms with Crippen molar-refractivity contribution >= 4 is 22.2 Å². The molecular formula is C30H27FN4O4. The van der Waals surface area contributed by atoms with Crippen molar-refractivity contribution in [2.24, 2.45) is 0 Å². The minimum atomic E-state index is -0.649. The van der Waals surface area contributed by atoms with Gasteiger partial charge in [-0.1, -0.05) is 36.3 Å². The number of aromatic nitrogens is 4. The van der Waals surface area contributed by atoms with Crippen LogP contribution in [0.1, 0.15) is 59.7 Å². The number of halogens is 1. The van der Waals surface area contributed by atoms with E-state index in [1.807, 2.05) is 31.2 Å². The number of benzene rings is 3. The van der Waals surface area contributed by atoms with Gasteiger partial charge in [-0.25, -0.2) is 14.2 Å². The third-order valence-electron chi connectivity index (χ3n) is 7.13. The lowest BCUT2D eigenvalue weighted by molar-refractivity contribution is 0.283. The van der Waals surface area contributed by atoms with Crippen molar-refractivity contribution in [3.8, 4) is 5.75 Å². The Bertz CT molecular complexity index is 1800. The number of fused-ring (bicyclic) bond motifs is 3. The second-order valence-electron chi connectivity index (χ2n) is 9.67. The highest BCUT2D eigenvalue weighted by Gasteiger charge is 2.24. The Balaban J connectivity index is 1.48. The zero-order valence-electron chi connectivity index (χ0n) is 21.6. The molecule has 0 spiro atoms. The van der Waals surface area contributed by atoms with Crippen molar-refractivity contribution in [3.63, 3.8) is 0 Å². The zero-order valence-corrected chi connectivity index (χ0v) is 21.6. The van der Waals surface area contributed by atoms with Gasteiger partial charge >= 0.3 is 5.76 Å². The van der Waals surface area contributed by atoms with Crippen molar-refractivity contribution in [1.82, 2.24) is 19.7 Å². The lowest BCUT2D eigenvalue weighted by Crippen LogP contribution is -2.07. The molecule has 6 rings (SSSR count). The van der Waals surface area contributed by atoms with Gasteiger partial charge in [-0.05, 0) is 59.9 Å². The van der Waals surface area contributed by atoms with Crippen LogP contribution in [-0.4, -0.2) is 24.8 Å². The van der Waals surface area contributed by atoms with Crippen molar-refractivity contribution < 1.29 is 18.8 Å². The second-order valence-corrected chi connectivity index (χ2v) is 9.67. The third-order valence-corrected chi connectivity index (χ3v) is 7.13. The van der Waals surface area contributed by atoms with Gasteiger partial charge in [0.1, 0.15) is 24.0 Å². The van der Waals surface area contributed by atoms with Crippen LogP contribution in [0.4, 0.5) is 4.39 Å². The van der Waals surface area contributed by atoms with Crippen LogP contribution in [0.25, 0.3) is 22.2 Å². The van der Waals surface area contributed by atoms with Crippen LogP contribution in [0.2, 0.25) is 0 Å². The molecule has 0 saturated heterocycles. The van der Waals surface area contributed by atoms with Crippen LogP contribution in [-0.2, 0) is 26.2 Å². The smallest absolute Gasteiger partial charge is 0.439 e. The van der Waals surface area contributed by atoms with Crippen LogP contribution in [0.5, 0.6) is 5.75 Å². The summed E-state index contributed by atoms with van der Waals surface area (Å²) < 4.78 is 27.2. The number of hydrogen-bond donors (Lipinski definition) is 2. The van der Waals surface area contributed by atoms with Gasteiger partial charge in [-0.2, -0.15) is 0 Å². The molecule has 0 unspecified atom stereocenters. The maximum Gasteiger partial charge on any atom is 0.439 e. The first-order valence-corrected chi connectivity index (χ1v) is 12.9. The molecule has 3 aromatic carbocycles. The molecule has 5 aromatic rings. The van der Waals surface area contributed by atoms with Crippen LogP contribution >= 0.6 is 0 Å². The van der Waals surface area contributed by atoms with Crippen LogP contribution in [0.3, 0.4) is 0 Å². The average Bonchev–Trinajstić information content (AvgIpc) is 3.48. The summed E-state index contributed by atoms with van der Waals surface area (Å²) >= 11 is 0. The summed E-state index contributed by atoms with van der Waals surface area (Å²) in [6.07, 6.45) is 1.76. The maximum atomic E-state index is 14.2. The molecule has 0 radical (unpaired) electrons. The Kier molecular flexibility index (Phi) is 6.36. The number of para-hydroxylation sites is 1. The fourth-order valence-corrected chi connectivity index (χ4v) is 5.30. The van der Waals surface area contributed by atoms with Gasteiger partial charge in [0.05, 0.1) is 17.6 Å². The number of nitrogens with zero attached hydrogens (tertiary/aromatic N) is 3. The van der Waals surface area contributed by atoms with Crippen LogP contribution < -0.4 is 10.5 Å². The van der Waals surface area contributed by atoms with Gasteiger partial charge in [0.15, 0.2) is 5.82 Å². The number of hydrogen-bond acceptors (Lipinski definition) is 6. The van der Waals surface area contributed by atoms with E-state index in [4.69, 9.17) is 14.2 Å². The molecule has 9 heteroatoms. The highest BCUT2D eigenvalue weighted by molar-refractivity contribution is 5.99. The first-order chi connectivity index (χ1) is 19.0. The predicted octanol–water partition coefficient (Wildman–Crippen LogP) is 5.22. The molecule has 1 aliphatic heterocycles. The van der Waals surface area contributed by atoms with E-state index in [2.05, 4.69) is 33.8 Å². The zero-order chi connectivity index (χ0) is 27.1. The molecule has 198 valence electrons. The molecule has 2 aromatic heterocycles. The van der Waals surface area contributed by atoms with E-state index < -0.39 is 11.6 Å². The van der Waals surface area contributed by atoms with Crippen molar-refractivity contribution in [2.75, 3.05) is 0 Å². The number of rotatable bonds is 6. The molecule has 0 bridgehead atoms. The molecular weight excluding hydrogens is 499 g/mol. The van der Waals surface area contributed by atoms with Gasteiger partial charge in [0, 0.05) is 35.7 Å². The summed E-state index contributed by atoms with van der Waals surface area (Å²) in [6, 6.07) is 16.5. The van der Waals surface area contributed by atoms with Gasteiger partial charge in [0.25, 0.3) is 0 Å². The number of imidazole rings is 1. The quantitative estimate of drug-likeness (QED) is 0.314. The van der Waals surface area contributed by atoms with E-state index in [1.165, 1.54) is 12.1 Å². The van der Waals surface area contributed by atoms with Gasteiger partial charge in [-0.3, -0.25) is 9.51 Å². The SMILES string of the molecule is CCCc1nc2c(CO)cccc2n1Cc1ccc2c(c1)COc1cc(F)ccc1/C2=C(\C)c1noc(=O)[nH]1. The third kappa shape index (κ3) is 4.44. The predicted molar refractivity (Wildman–Crippen MR) is 145 cm³/mol. The number of aliphatic hydroxyl groups excluding tert-OH is 1. The van der Waals surface area contributed by atoms with Crippen LogP contribution in [0, 0.1) is 5.82 Å². The molecule has 0 aliphatic carbocycles. The standard InChI is InChI=1S/C30H27FN4O4/c1-3-5-26-32-28-19(15-36)6-4-7-24(28)35(26)14-18-8-10-22-20(12-18)16-38-25-13-21(31)9-11-23(25)27(22)17(2)29-33-30(37)39-34-29/h4,6-13,36H,3,5,14-16H2,1-2H3,(H,33,34,37)/b27-17+. The number of aryl methyl sites for hydroxylation is 1. The highest BCUT2D eigenvalue weighted by atomic mass is 19.1. The summed E-state index contributed by atoms with van der Waals surface area (Å²) in [6.45, 7) is 4.72. The Labute approximate surface area is 223 Å². The van der Waals surface area contributed by atoms with Gasteiger partial charge < -0.3 is 14.4 Å². The Morgan fingerprint density at radius 2 is 2.00 bits per heavy atom. The summed E-state index contributed by atoms with van der Waals surface area (Å²) in [7, 11) is 0. The Morgan fingerprint density at radius 1 is 1.15 bits per heavy atom. The molecule has 39 heavy (non-hydrogen) atoms. The normalized spacial score (nSPS) is 14.1. The first-order valence-electron chi connectivity index (χ1n) is 12.9. The van der Waals surface area contributed by atoms with Gasteiger partial charge in [-0.15, -0.1) is 0 Å². The molecule has 0 amide bonds. The number of H-pyrrole nitrogens is 1. The molecule has 0 atom stereocenters. The maximum absolute atomic E-state index is 14.2. The lowest BCUT2D eigenvalue weighted by atomic mass is 9.89. The van der Waals surface area contributed by atoms with E-state index in [1.54, 1.807) is 6.07 Å². The topological polar surface area (TPSA) is 106 Å². The summed E-state index contributed by atoms with van der Waals surface area (Å²) in [5.41, 5.74) is 7.63. The highest BCUT2D eigenvalue weighted by Crippen LogP contribution is 2.41. The first kappa shape index (κ1) is 24.8. The minimum absolute atomic E-state index is 0.0670. The number of allylic oxidation sites excluding steroid dienone is 1.